The predicted octanol–water partition coefficient (Wildman–Crippen LogP) is 0.0773. The topological polar surface area (TPSA) is 58.6 Å². The third-order valence-electron chi connectivity index (χ3n) is 3.07. The fourth-order valence-corrected chi connectivity index (χ4v) is 2.03. The molecule has 0 radical (unpaired) electrons. The number of hydrogen-bond acceptors (Lipinski definition) is 3. The van der Waals surface area contributed by atoms with Gasteiger partial charge >= 0.3 is 5.97 Å². The van der Waals surface area contributed by atoms with E-state index in [0.717, 1.165) is 23.4 Å². The standard InChI is InChI=1S/C17H19NO3.ClH/c1-2-21-16-5-3-4-14(10-16)12-18-11-13-6-8-15(9-7-13)17(19)20;/h3-10,18H,2,11-12H2,1H3,(H,19,20);1H/p-1. The van der Waals surface area contributed by atoms with Gasteiger partial charge in [0.15, 0.2) is 0 Å². The van der Waals surface area contributed by atoms with Crippen LogP contribution in [0.2, 0.25) is 0 Å². The second kappa shape index (κ2) is 9.07. The minimum absolute atomic E-state index is 0. The van der Waals surface area contributed by atoms with Gasteiger partial charge in [0.1, 0.15) is 5.75 Å². The van der Waals surface area contributed by atoms with Crippen molar-refractivity contribution in [2.24, 2.45) is 0 Å². The van der Waals surface area contributed by atoms with E-state index >= 15 is 0 Å². The largest absolute Gasteiger partial charge is 1.00 e. The van der Waals surface area contributed by atoms with E-state index < -0.39 is 5.97 Å². The molecular formula is C17H19ClNO3-. The Morgan fingerprint density at radius 3 is 2.41 bits per heavy atom. The first-order valence-electron chi connectivity index (χ1n) is 6.93. The molecule has 0 amide bonds. The summed E-state index contributed by atoms with van der Waals surface area (Å²) in [5.74, 6) is -0.0233. The Labute approximate surface area is 136 Å². The van der Waals surface area contributed by atoms with Crippen molar-refractivity contribution in [2.75, 3.05) is 6.61 Å². The summed E-state index contributed by atoms with van der Waals surface area (Å²) in [5.41, 5.74) is 2.52. The fraction of sp³-hybridized carbons (Fsp3) is 0.235. The zero-order chi connectivity index (χ0) is 15.1. The van der Waals surface area contributed by atoms with Crippen LogP contribution in [0.1, 0.15) is 28.4 Å². The number of nitrogens with one attached hydrogen (secondary N) is 1. The van der Waals surface area contributed by atoms with E-state index in [0.29, 0.717) is 18.7 Å². The summed E-state index contributed by atoms with van der Waals surface area (Å²) in [7, 11) is 0. The summed E-state index contributed by atoms with van der Waals surface area (Å²) in [4.78, 5) is 10.8. The van der Waals surface area contributed by atoms with Gasteiger partial charge in [-0.25, -0.2) is 4.79 Å². The Hall–Kier alpha value is -2.04. The molecule has 0 aliphatic heterocycles. The maximum Gasteiger partial charge on any atom is 0.335 e. The van der Waals surface area contributed by atoms with Crippen molar-refractivity contribution in [3.63, 3.8) is 0 Å². The highest BCUT2D eigenvalue weighted by Crippen LogP contribution is 2.13. The molecule has 0 aliphatic rings. The molecule has 0 bridgehead atoms. The molecule has 0 saturated carbocycles. The van der Waals surface area contributed by atoms with Crippen molar-refractivity contribution >= 4 is 5.97 Å². The van der Waals surface area contributed by atoms with Crippen molar-refractivity contribution in [1.82, 2.24) is 5.32 Å². The lowest BCUT2D eigenvalue weighted by atomic mass is 10.1. The first-order chi connectivity index (χ1) is 10.2. The molecule has 0 heterocycles. The van der Waals surface area contributed by atoms with Crippen LogP contribution >= 0.6 is 0 Å². The van der Waals surface area contributed by atoms with Gasteiger partial charge in [-0.1, -0.05) is 24.3 Å². The third kappa shape index (κ3) is 5.39. The molecule has 0 aliphatic carbocycles. The van der Waals surface area contributed by atoms with E-state index in [9.17, 15) is 4.79 Å². The number of halogens is 1. The van der Waals surface area contributed by atoms with Crippen LogP contribution in [0.25, 0.3) is 0 Å². The van der Waals surface area contributed by atoms with Crippen molar-refractivity contribution < 1.29 is 27.0 Å². The fourth-order valence-electron chi connectivity index (χ4n) is 2.03. The van der Waals surface area contributed by atoms with Crippen LogP contribution < -0.4 is 22.5 Å². The molecule has 5 heteroatoms. The molecule has 0 spiro atoms. The Bertz CT molecular complexity index is 599. The van der Waals surface area contributed by atoms with Gasteiger partial charge in [0, 0.05) is 13.1 Å². The maximum atomic E-state index is 10.8. The summed E-state index contributed by atoms with van der Waals surface area (Å²) in [5, 5.41) is 12.2. The molecule has 2 rings (SSSR count). The highest BCUT2D eigenvalue weighted by Gasteiger charge is 2.01. The Morgan fingerprint density at radius 1 is 1.09 bits per heavy atom. The number of ether oxygens (including phenoxy) is 1. The molecule has 2 N–H and O–H groups in total. The lowest BCUT2D eigenvalue weighted by Crippen LogP contribution is -3.00. The molecule has 0 saturated heterocycles. The molecule has 2 aromatic rings. The van der Waals surface area contributed by atoms with Crippen LogP contribution in [-0.4, -0.2) is 17.7 Å². The number of aromatic carboxylic acids is 1. The summed E-state index contributed by atoms with van der Waals surface area (Å²) in [6.07, 6.45) is 0. The molecular weight excluding hydrogens is 302 g/mol. The van der Waals surface area contributed by atoms with Gasteiger partial charge in [0.2, 0.25) is 0 Å². The first-order valence-corrected chi connectivity index (χ1v) is 6.93. The Morgan fingerprint density at radius 2 is 1.77 bits per heavy atom. The molecule has 0 aromatic heterocycles. The van der Waals surface area contributed by atoms with Crippen LogP contribution in [0, 0.1) is 0 Å². The lowest BCUT2D eigenvalue weighted by molar-refractivity contribution is -0.0000204. The van der Waals surface area contributed by atoms with Gasteiger partial charge in [-0.3, -0.25) is 0 Å². The number of carbonyl (C=O) groups is 1. The highest BCUT2D eigenvalue weighted by atomic mass is 35.5. The molecule has 2 aromatic carbocycles. The summed E-state index contributed by atoms with van der Waals surface area (Å²) in [6, 6.07) is 14.9. The molecule has 22 heavy (non-hydrogen) atoms. The number of hydrogen-bond donors (Lipinski definition) is 2. The number of rotatable bonds is 7. The SMILES string of the molecule is CCOc1cccc(CNCc2ccc(C(=O)O)cc2)c1.[Cl-]. The average molecular weight is 321 g/mol. The molecule has 4 nitrogen and oxygen atoms in total. The van der Waals surface area contributed by atoms with E-state index in [1.54, 1.807) is 12.1 Å². The summed E-state index contributed by atoms with van der Waals surface area (Å²) >= 11 is 0. The first kappa shape index (κ1) is 18.0. The van der Waals surface area contributed by atoms with Crippen LogP contribution in [0.3, 0.4) is 0 Å². The molecule has 0 unspecified atom stereocenters. The molecule has 0 fully saturated rings. The summed E-state index contributed by atoms with van der Waals surface area (Å²) in [6.45, 7) is 4.05. The minimum atomic E-state index is -0.901. The third-order valence-corrected chi connectivity index (χ3v) is 3.07. The van der Waals surface area contributed by atoms with E-state index in [-0.39, 0.29) is 12.4 Å². The zero-order valence-corrected chi connectivity index (χ0v) is 13.1. The van der Waals surface area contributed by atoms with E-state index in [4.69, 9.17) is 9.84 Å². The predicted molar refractivity (Wildman–Crippen MR) is 81.6 cm³/mol. The van der Waals surface area contributed by atoms with Crippen LogP contribution in [0.15, 0.2) is 48.5 Å². The second-order valence-corrected chi connectivity index (χ2v) is 4.69. The van der Waals surface area contributed by atoms with Crippen LogP contribution in [0.4, 0.5) is 0 Å². The van der Waals surface area contributed by atoms with Gasteiger partial charge < -0.3 is 27.6 Å². The van der Waals surface area contributed by atoms with E-state index in [1.165, 1.54) is 0 Å². The normalized spacial score (nSPS) is 9.86. The quantitative estimate of drug-likeness (QED) is 0.758. The average Bonchev–Trinajstić information content (AvgIpc) is 2.48. The summed E-state index contributed by atoms with van der Waals surface area (Å²) < 4.78 is 5.46. The van der Waals surface area contributed by atoms with Gasteiger partial charge in [-0.2, -0.15) is 0 Å². The van der Waals surface area contributed by atoms with Gasteiger partial charge in [-0.05, 0) is 42.3 Å². The lowest BCUT2D eigenvalue weighted by Gasteiger charge is -2.08. The number of carboxylic acid groups (broad SMARTS) is 1. The van der Waals surface area contributed by atoms with Gasteiger partial charge in [0.25, 0.3) is 0 Å². The number of carboxylic acids is 1. The molecule has 0 atom stereocenters. The van der Waals surface area contributed by atoms with Crippen molar-refractivity contribution in [1.29, 1.82) is 0 Å². The van der Waals surface area contributed by atoms with Crippen LogP contribution in [-0.2, 0) is 13.1 Å². The Balaban J connectivity index is 0.00000242. The van der Waals surface area contributed by atoms with Gasteiger partial charge in [0.05, 0.1) is 12.2 Å². The highest BCUT2D eigenvalue weighted by molar-refractivity contribution is 5.87. The zero-order valence-electron chi connectivity index (χ0n) is 12.4. The molecule has 118 valence electrons. The van der Waals surface area contributed by atoms with E-state index in [2.05, 4.69) is 5.32 Å². The monoisotopic (exact) mass is 320 g/mol. The minimum Gasteiger partial charge on any atom is -1.00 e. The van der Waals surface area contributed by atoms with E-state index in [1.807, 2.05) is 43.3 Å². The van der Waals surface area contributed by atoms with Crippen LogP contribution in [0.5, 0.6) is 5.75 Å². The number of benzene rings is 2. The van der Waals surface area contributed by atoms with Gasteiger partial charge in [-0.15, -0.1) is 0 Å². The Kier molecular flexibility index (Phi) is 7.43. The van der Waals surface area contributed by atoms with Crippen molar-refractivity contribution in [3.8, 4) is 5.75 Å². The van der Waals surface area contributed by atoms with Crippen molar-refractivity contribution in [3.05, 3.63) is 65.2 Å². The smallest absolute Gasteiger partial charge is 0.335 e. The van der Waals surface area contributed by atoms with Crippen molar-refractivity contribution in [2.45, 2.75) is 20.0 Å². The second-order valence-electron chi connectivity index (χ2n) is 4.69. The maximum absolute atomic E-state index is 10.8.